The number of likely N-dealkylation sites (tertiary alicyclic amines) is 1. The van der Waals surface area contributed by atoms with Gasteiger partial charge >= 0.3 is 5.97 Å². The summed E-state index contributed by atoms with van der Waals surface area (Å²) in [7, 11) is 1.38. The van der Waals surface area contributed by atoms with Gasteiger partial charge in [-0.1, -0.05) is 0 Å². The maximum atomic E-state index is 11.8. The van der Waals surface area contributed by atoms with E-state index in [0.717, 1.165) is 25.8 Å². The van der Waals surface area contributed by atoms with Crippen LogP contribution in [0.15, 0.2) is 0 Å². The Balaban J connectivity index is 1.86. The van der Waals surface area contributed by atoms with Gasteiger partial charge in [-0.05, 0) is 26.2 Å². The van der Waals surface area contributed by atoms with E-state index < -0.39 is 0 Å². The van der Waals surface area contributed by atoms with Gasteiger partial charge in [0.25, 0.3) is 0 Å². The number of hydrogen-bond acceptors (Lipinski definition) is 4. The van der Waals surface area contributed by atoms with Crippen molar-refractivity contribution >= 4 is 11.9 Å². The molecule has 1 saturated heterocycles. The number of hydrogen-bond donors (Lipinski definition) is 1. The highest BCUT2D eigenvalue weighted by Gasteiger charge is 2.41. The van der Waals surface area contributed by atoms with Crippen LogP contribution in [0.5, 0.6) is 0 Å². The van der Waals surface area contributed by atoms with E-state index in [4.69, 9.17) is 4.74 Å². The monoisotopic (exact) mass is 226 g/mol. The van der Waals surface area contributed by atoms with Crippen LogP contribution in [0.25, 0.3) is 0 Å². The van der Waals surface area contributed by atoms with Crippen LogP contribution in [0.2, 0.25) is 0 Å². The molecule has 1 heterocycles. The molecule has 5 nitrogen and oxygen atoms in total. The van der Waals surface area contributed by atoms with Gasteiger partial charge < -0.3 is 10.1 Å². The summed E-state index contributed by atoms with van der Waals surface area (Å²) in [5.41, 5.74) is 0. The standard InChI is InChI=1S/C11H18N2O3/c1-7(10(14)12-8-3-4-8)13-6-5-9(13)11(15)16-2/h7-9H,3-6H2,1-2H3,(H,12,14). The van der Waals surface area contributed by atoms with Crippen molar-refractivity contribution < 1.29 is 14.3 Å². The van der Waals surface area contributed by atoms with E-state index in [1.807, 2.05) is 11.8 Å². The van der Waals surface area contributed by atoms with Crippen molar-refractivity contribution in [3.8, 4) is 0 Å². The second-order valence-electron chi connectivity index (χ2n) is 4.52. The Kier molecular flexibility index (Phi) is 3.14. The molecule has 0 aromatic carbocycles. The Morgan fingerprint density at radius 3 is 2.50 bits per heavy atom. The molecule has 1 N–H and O–H groups in total. The Labute approximate surface area is 95.1 Å². The van der Waals surface area contributed by atoms with Gasteiger partial charge in [0.15, 0.2) is 0 Å². The summed E-state index contributed by atoms with van der Waals surface area (Å²) >= 11 is 0. The maximum Gasteiger partial charge on any atom is 0.323 e. The predicted octanol–water partition coefficient (Wildman–Crippen LogP) is -0.0992. The first-order valence-corrected chi connectivity index (χ1v) is 5.77. The Bertz CT molecular complexity index is 302. The van der Waals surface area contributed by atoms with Gasteiger partial charge in [0.2, 0.25) is 5.91 Å². The largest absolute Gasteiger partial charge is 0.468 e. The summed E-state index contributed by atoms with van der Waals surface area (Å²) < 4.78 is 4.70. The van der Waals surface area contributed by atoms with Crippen LogP contribution in [0.3, 0.4) is 0 Å². The SMILES string of the molecule is COC(=O)C1CCN1C(C)C(=O)NC1CC1. The highest BCUT2D eigenvalue weighted by molar-refractivity contribution is 5.84. The van der Waals surface area contributed by atoms with Gasteiger partial charge in [0, 0.05) is 12.6 Å². The number of nitrogens with one attached hydrogen (secondary N) is 1. The average molecular weight is 226 g/mol. The number of ether oxygens (including phenoxy) is 1. The Morgan fingerprint density at radius 1 is 1.38 bits per heavy atom. The first kappa shape index (κ1) is 11.4. The molecule has 2 unspecified atom stereocenters. The first-order chi connectivity index (χ1) is 7.63. The number of amides is 1. The first-order valence-electron chi connectivity index (χ1n) is 5.77. The lowest BCUT2D eigenvalue weighted by molar-refractivity contribution is -0.155. The third kappa shape index (κ3) is 2.19. The van der Waals surface area contributed by atoms with Crippen LogP contribution >= 0.6 is 0 Å². The number of carbonyl (C=O) groups excluding carboxylic acids is 2. The number of rotatable bonds is 4. The minimum atomic E-state index is -0.239. The molecule has 1 saturated carbocycles. The zero-order chi connectivity index (χ0) is 11.7. The van der Waals surface area contributed by atoms with Crippen LogP contribution in [0.4, 0.5) is 0 Å². The van der Waals surface area contributed by atoms with Crippen LogP contribution in [-0.4, -0.2) is 48.6 Å². The highest BCUT2D eigenvalue weighted by atomic mass is 16.5. The summed E-state index contributed by atoms with van der Waals surface area (Å²) in [6.45, 7) is 2.63. The van der Waals surface area contributed by atoms with Gasteiger partial charge in [-0.15, -0.1) is 0 Å². The topological polar surface area (TPSA) is 58.6 Å². The number of nitrogens with zero attached hydrogens (tertiary/aromatic N) is 1. The zero-order valence-corrected chi connectivity index (χ0v) is 9.73. The van der Waals surface area contributed by atoms with E-state index >= 15 is 0 Å². The third-order valence-electron chi connectivity index (χ3n) is 3.33. The fourth-order valence-electron chi connectivity index (χ4n) is 1.96. The molecular weight excluding hydrogens is 208 g/mol. The quantitative estimate of drug-likeness (QED) is 0.680. The summed E-state index contributed by atoms with van der Waals surface area (Å²) in [5, 5.41) is 2.95. The molecule has 2 aliphatic rings. The third-order valence-corrected chi connectivity index (χ3v) is 3.33. The van der Waals surface area contributed by atoms with E-state index in [0.29, 0.717) is 6.04 Å². The van der Waals surface area contributed by atoms with E-state index in [1.54, 1.807) is 0 Å². The van der Waals surface area contributed by atoms with E-state index in [-0.39, 0.29) is 24.0 Å². The van der Waals surface area contributed by atoms with Crippen LogP contribution in [-0.2, 0) is 14.3 Å². The average Bonchev–Trinajstić information content (AvgIpc) is 2.99. The smallest absolute Gasteiger partial charge is 0.323 e. The van der Waals surface area contributed by atoms with Crippen molar-refractivity contribution in [2.45, 2.75) is 44.3 Å². The van der Waals surface area contributed by atoms with Crippen molar-refractivity contribution in [1.82, 2.24) is 10.2 Å². The molecule has 5 heteroatoms. The number of carbonyl (C=O) groups is 2. The zero-order valence-electron chi connectivity index (χ0n) is 9.73. The van der Waals surface area contributed by atoms with Gasteiger partial charge in [0.05, 0.1) is 13.2 Å². The van der Waals surface area contributed by atoms with E-state index in [2.05, 4.69) is 5.32 Å². The van der Waals surface area contributed by atoms with Crippen LogP contribution in [0.1, 0.15) is 26.2 Å². The van der Waals surface area contributed by atoms with E-state index in [1.165, 1.54) is 7.11 Å². The summed E-state index contributed by atoms with van der Waals surface area (Å²) in [6, 6.07) is -0.101. The second-order valence-corrected chi connectivity index (χ2v) is 4.52. The second kappa shape index (κ2) is 4.41. The molecule has 2 rings (SSSR count). The van der Waals surface area contributed by atoms with Crippen molar-refractivity contribution in [3.05, 3.63) is 0 Å². The number of methoxy groups -OCH3 is 1. The van der Waals surface area contributed by atoms with Crippen molar-refractivity contribution in [3.63, 3.8) is 0 Å². The lowest BCUT2D eigenvalue weighted by atomic mass is 10.00. The molecule has 1 aliphatic carbocycles. The molecule has 90 valence electrons. The lowest BCUT2D eigenvalue weighted by Crippen LogP contribution is -2.60. The Morgan fingerprint density at radius 2 is 2.06 bits per heavy atom. The lowest BCUT2D eigenvalue weighted by Gasteiger charge is -2.42. The molecule has 0 spiro atoms. The minimum absolute atomic E-state index is 0.0242. The molecule has 1 aliphatic heterocycles. The van der Waals surface area contributed by atoms with Crippen molar-refractivity contribution in [2.24, 2.45) is 0 Å². The molecule has 2 fully saturated rings. The number of esters is 1. The summed E-state index contributed by atoms with van der Waals surface area (Å²) in [6.07, 6.45) is 2.95. The molecule has 0 radical (unpaired) electrons. The van der Waals surface area contributed by atoms with Crippen molar-refractivity contribution in [2.75, 3.05) is 13.7 Å². The van der Waals surface area contributed by atoms with Gasteiger partial charge in [-0.25, -0.2) is 0 Å². The molecule has 0 aromatic rings. The predicted molar refractivity (Wildman–Crippen MR) is 57.8 cm³/mol. The molecule has 0 bridgehead atoms. The van der Waals surface area contributed by atoms with Gasteiger partial charge in [0.1, 0.15) is 6.04 Å². The van der Waals surface area contributed by atoms with E-state index in [9.17, 15) is 9.59 Å². The van der Waals surface area contributed by atoms with Gasteiger partial charge in [-0.3, -0.25) is 14.5 Å². The van der Waals surface area contributed by atoms with Crippen molar-refractivity contribution in [1.29, 1.82) is 0 Å². The van der Waals surface area contributed by atoms with Gasteiger partial charge in [-0.2, -0.15) is 0 Å². The normalized spacial score (nSPS) is 26.8. The fourth-order valence-corrected chi connectivity index (χ4v) is 1.96. The molecule has 1 amide bonds. The summed E-state index contributed by atoms with van der Waals surface area (Å²) in [5.74, 6) is -0.214. The molecule has 0 aromatic heterocycles. The molecule has 16 heavy (non-hydrogen) atoms. The Hall–Kier alpha value is -1.10. The van der Waals surface area contributed by atoms with Crippen LogP contribution in [0, 0.1) is 0 Å². The minimum Gasteiger partial charge on any atom is -0.468 e. The summed E-state index contributed by atoms with van der Waals surface area (Å²) in [4.78, 5) is 25.0. The maximum absolute atomic E-state index is 11.8. The highest BCUT2D eigenvalue weighted by Crippen LogP contribution is 2.23. The fraction of sp³-hybridized carbons (Fsp3) is 0.818. The van der Waals surface area contributed by atoms with Crippen LogP contribution < -0.4 is 5.32 Å². The molecular formula is C11H18N2O3. The molecule has 2 atom stereocenters.